The van der Waals surface area contributed by atoms with E-state index in [1.54, 1.807) is 0 Å². The van der Waals surface area contributed by atoms with Crippen molar-refractivity contribution < 1.29 is 17.6 Å². The van der Waals surface area contributed by atoms with E-state index in [4.69, 9.17) is 17.3 Å². The van der Waals surface area contributed by atoms with E-state index in [1.807, 2.05) is 0 Å². The minimum atomic E-state index is -4.41. The van der Waals surface area contributed by atoms with Crippen LogP contribution in [0.15, 0.2) is 42.5 Å². The Labute approximate surface area is 118 Å². The summed E-state index contributed by atoms with van der Waals surface area (Å²) in [6, 6.07) is 7.47. The second kappa shape index (κ2) is 5.42. The van der Waals surface area contributed by atoms with Gasteiger partial charge in [0.25, 0.3) is 0 Å². The van der Waals surface area contributed by atoms with Crippen LogP contribution in [0.5, 0.6) is 0 Å². The Morgan fingerprint density at radius 3 is 2.10 bits per heavy atom. The van der Waals surface area contributed by atoms with Crippen LogP contribution in [0.4, 0.5) is 17.6 Å². The summed E-state index contributed by atoms with van der Waals surface area (Å²) in [5.41, 5.74) is 5.65. The smallest absolute Gasteiger partial charge is 0.320 e. The summed E-state index contributed by atoms with van der Waals surface area (Å²) in [7, 11) is 0. The van der Waals surface area contributed by atoms with Crippen LogP contribution in [-0.2, 0) is 6.18 Å². The van der Waals surface area contributed by atoms with Crippen LogP contribution in [-0.4, -0.2) is 0 Å². The minimum absolute atomic E-state index is 0.175. The molecule has 106 valence electrons. The molecule has 0 aliphatic carbocycles. The van der Waals surface area contributed by atoms with Gasteiger partial charge in [0.05, 0.1) is 11.6 Å². The van der Waals surface area contributed by atoms with E-state index >= 15 is 0 Å². The van der Waals surface area contributed by atoms with Crippen molar-refractivity contribution in [1.29, 1.82) is 0 Å². The molecule has 0 aliphatic rings. The lowest BCUT2D eigenvalue weighted by Crippen LogP contribution is -2.14. The molecule has 0 saturated heterocycles. The average Bonchev–Trinajstić information content (AvgIpc) is 2.37. The van der Waals surface area contributed by atoms with Gasteiger partial charge in [-0.15, -0.1) is 0 Å². The fourth-order valence-corrected chi connectivity index (χ4v) is 1.97. The Kier molecular flexibility index (Phi) is 4.01. The molecule has 2 aromatic rings. The van der Waals surface area contributed by atoms with Crippen molar-refractivity contribution in [2.45, 2.75) is 12.2 Å². The highest BCUT2D eigenvalue weighted by molar-refractivity contribution is 6.30. The minimum Gasteiger partial charge on any atom is -0.320 e. The lowest BCUT2D eigenvalue weighted by atomic mass is 9.98. The third-order valence-corrected chi connectivity index (χ3v) is 3.13. The summed E-state index contributed by atoms with van der Waals surface area (Å²) in [6.07, 6.45) is -4.41. The molecule has 2 aromatic carbocycles. The fourth-order valence-electron chi connectivity index (χ4n) is 1.81. The van der Waals surface area contributed by atoms with Crippen molar-refractivity contribution >= 4 is 11.6 Å². The maximum absolute atomic E-state index is 13.7. The molecule has 0 bridgehead atoms. The molecule has 1 nitrogen and oxygen atoms in total. The van der Waals surface area contributed by atoms with Crippen molar-refractivity contribution in [2.24, 2.45) is 5.73 Å². The molecule has 0 aromatic heterocycles. The zero-order chi connectivity index (χ0) is 14.9. The molecular formula is C14H10ClF4N. The van der Waals surface area contributed by atoms with Crippen LogP contribution in [0.25, 0.3) is 0 Å². The van der Waals surface area contributed by atoms with Gasteiger partial charge >= 0.3 is 6.18 Å². The van der Waals surface area contributed by atoms with Gasteiger partial charge in [0.1, 0.15) is 5.82 Å². The monoisotopic (exact) mass is 303 g/mol. The lowest BCUT2D eigenvalue weighted by Gasteiger charge is -2.15. The molecule has 0 amide bonds. The third-order valence-electron chi connectivity index (χ3n) is 2.89. The molecule has 6 heteroatoms. The molecule has 20 heavy (non-hydrogen) atoms. The van der Waals surface area contributed by atoms with E-state index in [1.165, 1.54) is 24.3 Å². The van der Waals surface area contributed by atoms with E-state index in [-0.39, 0.29) is 10.6 Å². The van der Waals surface area contributed by atoms with Gasteiger partial charge in [-0.05, 0) is 29.8 Å². The molecule has 2 N–H and O–H groups in total. The summed E-state index contributed by atoms with van der Waals surface area (Å²) in [6.45, 7) is 0. The molecule has 0 radical (unpaired) electrons. The fraction of sp³-hybridized carbons (Fsp3) is 0.143. The molecule has 0 spiro atoms. The number of hydrogen-bond donors (Lipinski definition) is 1. The van der Waals surface area contributed by atoms with Crippen LogP contribution >= 0.6 is 11.6 Å². The lowest BCUT2D eigenvalue weighted by molar-refractivity contribution is -0.137. The first-order valence-electron chi connectivity index (χ1n) is 5.66. The van der Waals surface area contributed by atoms with Gasteiger partial charge in [-0.3, -0.25) is 0 Å². The number of nitrogens with two attached hydrogens (primary N) is 1. The quantitative estimate of drug-likeness (QED) is 0.810. The van der Waals surface area contributed by atoms with E-state index in [9.17, 15) is 17.6 Å². The summed E-state index contributed by atoms with van der Waals surface area (Å²) >= 11 is 5.63. The summed E-state index contributed by atoms with van der Waals surface area (Å²) in [4.78, 5) is 0. The molecule has 0 fully saturated rings. The molecule has 0 saturated carbocycles. The van der Waals surface area contributed by atoms with E-state index in [0.29, 0.717) is 5.56 Å². The highest BCUT2D eigenvalue weighted by atomic mass is 35.5. The molecular weight excluding hydrogens is 294 g/mol. The highest BCUT2D eigenvalue weighted by Crippen LogP contribution is 2.31. The summed E-state index contributed by atoms with van der Waals surface area (Å²) in [5.74, 6) is -0.593. The Morgan fingerprint density at radius 1 is 1.00 bits per heavy atom. The van der Waals surface area contributed by atoms with E-state index in [0.717, 1.165) is 18.2 Å². The third kappa shape index (κ3) is 3.11. The standard InChI is InChI=1S/C14H10ClF4N/c15-10-5-6-11(12(16)7-10)13(20)8-1-3-9(4-2-8)14(17,18)19/h1-7,13H,20H2. The number of benzene rings is 2. The van der Waals surface area contributed by atoms with Gasteiger partial charge < -0.3 is 5.73 Å². The SMILES string of the molecule is NC(c1ccc(C(F)(F)F)cc1)c1ccc(Cl)cc1F. The Hall–Kier alpha value is -1.59. The Morgan fingerprint density at radius 2 is 1.60 bits per heavy atom. The van der Waals surface area contributed by atoms with Gasteiger partial charge in [0.15, 0.2) is 0 Å². The maximum atomic E-state index is 13.7. The molecule has 0 aliphatic heterocycles. The zero-order valence-corrected chi connectivity index (χ0v) is 10.8. The second-order valence-electron chi connectivity index (χ2n) is 4.26. The first-order chi connectivity index (χ1) is 9.29. The summed E-state index contributed by atoms with van der Waals surface area (Å²) < 4.78 is 51.0. The normalized spacial score (nSPS) is 13.3. The van der Waals surface area contributed by atoms with Gasteiger partial charge in [-0.1, -0.05) is 29.8 Å². The first kappa shape index (κ1) is 14.8. The van der Waals surface area contributed by atoms with Crippen molar-refractivity contribution in [3.8, 4) is 0 Å². The van der Waals surface area contributed by atoms with E-state index < -0.39 is 23.6 Å². The Bertz CT molecular complexity index is 608. The van der Waals surface area contributed by atoms with Crippen LogP contribution < -0.4 is 5.73 Å². The highest BCUT2D eigenvalue weighted by Gasteiger charge is 2.30. The molecule has 0 heterocycles. The topological polar surface area (TPSA) is 26.0 Å². The van der Waals surface area contributed by atoms with Crippen molar-refractivity contribution in [2.75, 3.05) is 0 Å². The summed E-state index contributed by atoms with van der Waals surface area (Å²) in [5, 5.41) is 0.228. The van der Waals surface area contributed by atoms with E-state index in [2.05, 4.69) is 0 Å². The maximum Gasteiger partial charge on any atom is 0.416 e. The van der Waals surface area contributed by atoms with Gasteiger partial charge in [0, 0.05) is 10.6 Å². The number of rotatable bonds is 2. The van der Waals surface area contributed by atoms with Gasteiger partial charge in [0.2, 0.25) is 0 Å². The largest absolute Gasteiger partial charge is 0.416 e. The number of hydrogen-bond acceptors (Lipinski definition) is 1. The predicted molar refractivity (Wildman–Crippen MR) is 68.9 cm³/mol. The van der Waals surface area contributed by atoms with Crippen LogP contribution in [0.1, 0.15) is 22.7 Å². The number of halogens is 5. The molecule has 2 rings (SSSR count). The van der Waals surface area contributed by atoms with Gasteiger partial charge in [-0.2, -0.15) is 13.2 Å². The average molecular weight is 304 g/mol. The van der Waals surface area contributed by atoms with Crippen LogP contribution in [0.3, 0.4) is 0 Å². The van der Waals surface area contributed by atoms with Crippen molar-refractivity contribution in [3.63, 3.8) is 0 Å². The molecule has 1 unspecified atom stereocenters. The van der Waals surface area contributed by atoms with Crippen molar-refractivity contribution in [1.82, 2.24) is 0 Å². The van der Waals surface area contributed by atoms with Crippen molar-refractivity contribution in [3.05, 3.63) is 70.0 Å². The molecule has 1 atom stereocenters. The van der Waals surface area contributed by atoms with Gasteiger partial charge in [-0.25, -0.2) is 4.39 Å². The van der Waals surface area contributed by atoms with Crippen LogP contribution in [0, 0.1) is 5.82 Å². The number of alkyl halides is 3. The predicted octanol–water partition coefficient (Wildman–Crippen LogP) is 4.55. The Balaban J connectivity index is 2.31. The first-order valence-corrected chi connectivity index (χ1v) is 6.04. The zero-order valence-electron chi connectivity index (χ0n) is 10.1. The second-order valence-corrected chi connectivity index (χ2v) is 4.70. The van der Waals surface area contributed by atoms with Crippen LogP contribution in [0.2, 0.25) is 5.02 Å².